The number of aromatic nitrogens is 4. The first-order chi connectivity index (χ1) is 18.6. The van der Waals surface area contributed by atoms with Gasteiger partial charge >= 0.3 is 0 Å². The topological polar surface area (TPSA) is 119 Å². The van der Waals surface area contributed by atoms with E-state index in [9.17, 15) is 0 Å². The normalized spacial score (nSPS) is 16.8. The van der Waals surface area contributed by atoms with Crippen LogP contribution in [0.15, 0.2) is 79.5 Å². The van der Waals surface area contributed by atoms with Crippen LogP contribution in [-0.2, 0) is 13.6 Å². The number of aryl methyl sites for hydroxylation is 1. The number of nitriles is 1. The first kappa shape index (κ1) is 25.0. The molecule has 192 valence electrons. The fourth-order valence-corrected chi connectivity index (χ4v) is 4.91. The van der Waals surface area contributed by atoms with E-state index in [4.69, 9.17) is 10.7 Å². The lowest BCUT2D eigenvalue weighted by atomic mass is 9.89. The number of hydrogen-bond donors (Lipinski definition) is 3. The fourth-order valence-electron chi connectivity index (χ4n) is 4.91. The van der Waals surface area contributed by atoms with Crippen LogP contribution >= 0.6 is 0 Å². The van der Waals surface area contributed by atoms with Gasteiger partial charge < -0.3 is 15.5 Å². The van der Waals surface area contributed by atoms with Crippen LogP contribution in [0.2, 0.25) is 0 Å². The molecule has 0 radical (unpaired) electrons. The zero-order chi connectivity index (χ0) is 26.3. The maximum absolute atomic E-state index is 9.00. The molecule has 9 heteroatoms. The minimum Gasteiger partial charge on any atom is -0.367 e. The van der Waals surface area contributed by atoms with Gasteiger partial charge in [0.05, 0.1) is 11.8 Å². The number of benzene rings is 1. The Bertz CT molecular complexity index is 1380. The molecule has 0 atom stereocenters. The number of nitrogens with zero attached hydrogens (tertiary/aromatic N) is 6. The van der Waals surface area contributed by atoms with Crippen molar-refractivity contribution < 1.29 is 0 Å². The summed E-state index contributed by atoms with van der Waals surface area (Å²) in [6.07, 6.45) is 12.8. The van der Waals surface area contributed by atoms with E-state index >= 15 is 0 Å². The molecule has 0 saturated heterocycles. The van der Waals surface area contributed by atoms with E-state index in [1.165, 1.54) is 0 Å². The van der Waals surface area contributed by atoms with Crippen LogP contribution in [0.25, 0.3) is 11.1 Å². The molecule has 1 aliphatic carbocycles. The van der Waals surface area contributed by atoms with Crippen molar-refractivity contribution in [3.63, 3.8) is 0 Å². The van der Waals surface area contributed by atoms with Crippen molar-refractivity contribution in [1.29, 1.82) is 10.7 Å². The van der Waals surface area contributed by atoms with Gasteiger partial charge in [-0.1, -0.05) is 18.2 Å². The minimum atomic E-state index is 0.195. The lowest BCUT2D eigenvalue weighted by Gasteiger charge is -2.38. The molecule has 1 saturated carbocycles. The van der Waals surface area contributed by atoms with Crippen molar-refractivity contribution in [3.05, 3.63) is 90.6 Å². The molecule has 0 amide bonds. The van der Waals surface area contributed by atoms with Crippen LogP contribution < -0.4 is 15.5 Å². The van der Waals surface area contributed by atoms with Gasteiger partial charge in [-0.05, 0) is 67.1 Å². The molecule has 5 rings (SSSR count). The van der Waals surface area contributed by atoms with Gasteiger partial charge in [0.25, 0.3) is 0 Å². The van der Waals surface area contributed by atoms with Gasteiger partial charge in [0.15, 0.2) is 5.96 Å². The molecule has 1 aliphatic rings. The molecule has 4 aromatic rings. The lowest BCUT2D eigenvalue weighted by Crippen LogP contribution is -2.49. The van der Waals surface area contributed by atoms with Gasteiger partial charge in [-0.15, -0.1) is 0 Å². The monoisotopic (exact) mass is 505 g/mol. The number of anilines is 2. The quantitative estimate of drug-likeness (QED) is 0.246. The van der Waals surface area contributed by atoms with Crippen LogP contribution in [0.3, 0.4) is 0 Å². The number of hydrogen-bond acceptors (Lipinski definition) is 6. The highest BCUT2D eigenvalue weighted by Crippen LogP contribution is 2.30. The van der Waals surface area contributed by atoms with E-state index in [0.29, 0.717) is 24.1 Å². The first-order valence-corrected chi connectivity index (χ1v) is 12.8. The van der Waals surface area contributed by atoms with Gasteiger partial charge in [-0.2, -0.15) is 10.4 Å². The molecule has 0 spiro atoms. The average Bonchev–Trinajstić information content (AvgIpc) is 3.40. The molecule has 3 heterocycles. The van der Waals surface area contributed by atoms with E-state index < -0.39 is 0 Å². The maximum atomic E-state index is 9.00. The maximum Gasteiger partial charge on any atom is 0.196 e. The molecule has 9 nitrogen and oxygen atoms in total. The van der Waals surface area contributed by atoms with E-state index in [0.717, 1.165) is 53.9 Å². The van der Waals surface area contributed by atoms with Gasteiger partial charge in [0.2, 0.25) is 0 Å². The summed E-state index contributed by atoms with van der Waals surface area (Å²) in [6, 6.07) is 18.5. The van der Waals surface area contributed by atoms with E-state index in [1.807, 2.05) is 43.8 Å². The minimum absolute atomic E-state index is 0.195. The van der Waals surface area contributed by atoms with Gasteiger partial charge in [-0.3, -0.25) is 15.1 Å². The fraction of sp³-hybridized carbons (Fsp3) is 0.276. The smallest absolute Gasteiger partial charge is 0.196 e. The van der Waals surface area contributed by atoms with Crippen molar-refractivity contribution in [2.75, 3.05) is 10.2 Å². The molecule has 3 N–H and O–H groups in total. The van der Waals surface area contributed by atoms with Gasteiger partial charge in [-0.25, -0.2) is 4.98 Å². The third-order valence-corrected chi connectivity index (χ3v) is 6.91. The summed E-state index contributed by atoms with van der Waals surface area (Å²) in [6.45, 7) is 0.540. The molecule has 0 bridgehead atoms. The summed E-state index contributed by atoms with van der Waals surface area (Å²) in [5.41, 5.74) is 4.75. The van der Waals surface area contributed by atoms with Crippen molar-refractivity contribution in [2.24, 2.45) is 7.05 Å². The molecule has 38 heavy (non-hydrogen) atoms. The summed E-state index contributed by atoms with van der Waals surface area (Å²) in [4.78, 5) is 10.7. The molecule has 3 aromatic heterocycles. The average molecular weight is 506 g/mol. The van der Waals surface area contributed by atoms with Gasteiger partial charge in [0, 0.05) is 61.7 Å². The zero-order valence-electron chi connectivity index (χ0n) is 21.4. The Balaban J connectivity index is 1.29. The Labute approximate surface area is 222 Å². The van der Waals surface area contributed by atoms with Crippen LogP contribution in [0.5, 0.6) is 0 Å². The highest BCUT2D eigenvalue weighted by atomic mass is 15.3. The molecular weight excluding hydrogens is 474 g/mol. The Hall–Kier alpha value is -4.71. The Morgan fingerprint density at radius 1 is 1.05 bits per heavy atom. The number of rotatable bonds is 7. The largest absolute Gasteiger partial charge is 0.367 e. The summed E-state index contributed by atoms with van der Waals surface area (Å²) in [7, 11) is 1.91. The van der Waals surface area contributed by atoms with Crippen molar-refractivity contribution >= 4 is 17.5 Å². The standard InChI is InChI=1S/C29H31N9/c1-37-20-24(19-35-37)23-5-9-26(10-6-23)38(29(31)34-18-22-3-2-14-32-16-22)27-11-7-25(8-12-27)36-28-13-4-21(15-30)17-33-28/h2-6,9-10,13-14,16-17,19-20,25,27H,7-8,11-12,18H2,1H3,(H2,31,34)(H,33,36). The summed E-state index contributed by atoms with van der Waals surface area (Å²) in [5.74, 6) is 1.18. The Morgan fingerprint density at radius 2 is 1.87 bits per heavy atom. The number of pyridine rings is 2. The van der Waals surface area contributed by atoms with Crippen molar-refractivity contribution in [1.82, 2.24) is 25.1 Å². The Kier molecular flexibility index (Phi) is 7.59. The van der Waals surface area contributed by atoms with E-state index in [1.54, 1.807) is 23.1 Å². The summed E-state index contributed by atoms with van der Waals surface area (Å²) in [5, 5.41) is 29.1. The number of nitrogens with one attached hydrogen (secondary N) is 3. The molecular formula is C29H31N9. The highest BCUT2D eigenvalue weighted by Gasteiger charge is 2.29. The second kappa shape index (κ2) is 11.6. The lowest BCUT2D eigenvalue weighted by molar-refractivity contribution is 0.407. The second-order valence-corrected chi connectivity index (χ2v) is 9.58. The molecule has 0 unspecified atom stereocenters. The SMILES string of the molecule is Cn1cc(-c2ccc(N(C(=N)NCc3cccnc3)C3CCC(Nc4ccc(C#N)cn4)CC3)cc2)cn1. The van der Waals surface area contributed by atoms with Crippen molar-refractivity contribution in [2.45, 2.75) is 44.3 Å². The Morgan fingerprint density at radius 3 is 2.50 bits per heavy atom. The molecule has 1 fully saturated rings. The predicted octanol–water partition coefficient (Wildman–Crippen LogP) is 4.70. The van der Waals surface area contributed by atoms with E-state index in [2.05, 4.69) is 60.9 Å². The third-order valence-electron chi connectivity index (χ3n) is 6.91. The molecule has 0 aliphatic heterocycles. The van der Waals surface area contributed by atoms with Crippen molar-refractivity contribution in [3.8, 4) is 17.2 Å². The molecule has 1 aromatic carbocycles. The summed E-state index contributed by atoms with van der Waals surface area (Å²) < 4.78 is 1.80. The predicted molar refractivity (Wildman–Crippen MR) is 149 cm³/mol. The second-order valence-electron chi connectivity index (χ2n) is 9.58. The zero-order valence-corrected chi connectivity index (χ0v) is 21.4. The van der Waals surface area contributed by atoms with E-state index in [-0.39, 0.29) is 6.04 Å². The third kappa shape index (κ3) is 5.98. The summed E-state index contributed by atoms with van der Waals surface area (Å²) >= 11 is 0. The first-order valence-electron chi connectivity index (χ1n) is 12.8. The van der Waals surface area contributed by atoms with Crippen LogP contribution in [0.1, 0.15) is 36.8 Å². The van der Waals surface area contributed by atoms with Crippen LogP contribution in [-0.4, -0.2) is 37.8 Å². The van der Waals surface area contributed by atoms with Crippen LogP contribution in [0, 0.1) is 16.7 Å². The highest BCUT2D eigenvalue weighted by molar-refractivity contribution is 5.94. The van der Waals surface area contributed by atoms with Gasteiger partial charge in [0.1, 0.15) is 11.9 Å². The number of guanidine groups is 1. The van der Waals surface area contributed by atoms with Crippen LogP contribution in [0.4, 0.5) is 11.5 Å².